The molecule has 1 N–H and O–H groups in total. The van der Waals surface area contributed by atoms with Crippen LogP contribution in [0.5, 0.6) is 5.75 Å². The third-order valence-electron chi connectivity index (χ3n) is 2.87. The van der Waals surface area contributed by atoms with E-state index in [9.17, 15) is 0 Å². The molecule has 1 aromatic rings. The summed E-state index contributed by atoms with van der Waals surface area (Å²) in [4.78, 5) is 2.20. The van der Waals surface area contributed by atoms with Crippen molar-refractivity contribution >= 4 is 5.57 Å². The van der Waals surface area contributed by atoms with Crippen LogP contribution in [0.15, 0.2) is 30.5 Å². The number of ether oxygens (including phenoxy) is 1. The molecule has 0 spiro atoms. The number of benzene rings is 1. The number of hydrogen-bond donors (Lipinski definition) is 1. The lowest BCUT2D eigenvalue weighted by Crippen LogP contribution is -2.21. The number of methoxy groups -OCH3 is 1. The maximum atomic E-state index is 5.29. The Hall–Kier alpha value is -1.48. The second-order valence-electron chi connectivity index (χ2n) is 4.78. The van der Waals surface area contributed by atoms with Crippen molar-refractivity contribution < 1.29 is 4.74 Å². The Morgan fingerprint density at radius 3 is 2.72 bits per heavy atom. The summed E-state index contributed by atoms with van der Waals surface area (Å²) in [6.45, 7) is 3.26. The summed E-state index contributed by atoms with van der Waals surface area (Å²) in [5.41, 5.74) is 2.50. The van der Waals surface area contributed by atoms with E-state index in [0.29, 0.717) is 5.92 Å². The van der Waals surface area contributed by atoms with Gasteiger partial charge in [0.05, 0.1) is 7.11 Å². The third kappa shape index (κ3) is 4.08. The van der Waals surface area contributed by atoms with Crippen LogP contribution in [-0.2, 0) is 0 Å². The maximum Gasteiger partial charge on any atom is 0.119 e. The van der Waals surface area contributed by atoms with E-state index in [1.54, 1.807) is 7.11 Å². The van der Waals surface area contributed by atoms with Crippen LogP contribution in [0, 0.1) is 5.92 Å². The van der Waals surface area contributed by atoms with Crippen molar-refractivity contribution in [3.63, 3.8) is 0 Å². The monoisotopic (exact) mass is 248 g/mol. The molecule has 1 aromatic carbocycles. The Morgan fingerprint density at radius 2 is 2.17 bits per heavy atom. The highest BCUT2D eigenvalue weighted by molar-refractivity contribution is 5.68. The van der Waals surface area contributed by atoms with Gasteiger partial charge in [0.1, 0.15) is 5.75 Å². The molecule has 0 radical (unpaired) electrons. The summed E-state index contributed by atoms with van der Waals surface area (Å²) in [6, 6.07) is 8.20. The summed E-state index contributed by atoms with van der Waals surface area (Å²) in [5, 5.41) is 3.14. The fraction of sp³-hybridized carbons (Fsp3) is 0.467. The lowest BCUT2D eigenvalue weighted by atomic mass is 9.94. The van der Waals surface area contributed by atoms with Crippen LogP contribution in [0.2, 0.25) is 0 Å². The van der Waals surface area contributed by atoms with Crippen molar-refractivity contribution in [3.8, 4) is 5.75 Å². The summed E-state index contributed by atoms with van der Waals surface area (Å²) in [6.07, 6.45) is 2.07. The van der Waals surface area contributed by atoms with E-state index in [0.717, 1.165) is 12.3 Å². The molecule has 1 atom stereocenters. The molecule has 0 aliphatic rings. The van der Waals surface area contributed by atoms with Crippen LogP contribution in [0.25, 0.3) is 5.57 Å². The molecule has 18 heavy (non-hydrogen) atoms. The molecule has 3 nitrogen and oxygen atoms in total. The average Bonchev–Trinajstić information content (AvgIpc) is 2.35. The van der Waals surface area contributed by atoms with Crippen LogP contribution in [0.4, 0.5) is 0 Å². The van der Waals surface area contributed by atoms with Crippen molar-refractivity contribution in [1.82, 2.24) is 10.2 Å². The lowest BCUT2D eigenvalue weighted by molar-refractivity contribution is 0.375. The second-order valence-corrected chi connectivity index (χ2v) is 4.78. The molecule has 0 fully saturated rings. The van der Waals surface area contributed by atoms with Crippen molar-refractivity contribution in [2.24, 2.45) is 5.92 Å². The highest BCUT2D eigenvalue weighted by Gasteiger charge is 2.12. The summed E-state index contributed by atoms with van der Waals surface area (Å²) in [5.74, 6) is 1.35. The molecule has 0 amide bonds. The topological polar surface area (TPSA) is 24.5 Å². The molecule has 0 unspecified atom stereocenters. The van der Waals surface area contributed by atoms with Crippen LogP contribution < -0.4 is 10.1 Å². The zero-order valence-electron chi connectivity index (χ0n) is 12.0. The molecule has 100 valence electrons. The molecule has 3 heteroatoms. The molecule has 0 aliphatic carbocycles. The standard InChI is InChI=1S/C15H24N2O/c1-12(11-17(3)4)15(10-16-2)13-7-6-8-14(9-13)18-5/h6-10,12,16H,11H2,1-5H3/b15-10-/t12-/m0/s1. The van der Waals surface area contributed by atoms with E-state index in [2.05, 4.69) is 49.6 Å². The zero-order valence-corrected chi connectivity index (χ0v) is 12.0. The second kappa shape index (κ2) is 7.07. The predicted molar refractivity (Wildman–Crippen MR) is 77.7 cm³/mol. The van der Waals surface area contributed by atoms with E-state index >= 15 is 0 Å². The van der Waals surface area contributed by atoms with Crippen LogP contribution in [0.3, 0.4) is 0 Å². The normalized spacial score (nSPS) is 13.6. The van der Waals surface area contributed by atoms with Gasteiger partial charge < -0.3 is 15.0 Å². The van der Waals surface area contributed by atoms with Crippen molar-refractivity contribution in [1.29, 1.82) is 0 Å². The first kappa shape index (κ1) is 14.6. The Bertz CT molecular complexity index is 399. The van der Waals surface area contributed by atoms with Crippen LogP contribution >= 0.6 is 0 Å². The number of nitrogens with one attached hydrogen (secondary N) is 1. The van der Waals surface area contributed by atoms with Crippen LogP contribution in [-0.4, -0.2) is 39.7 Å². The van der Waals surface area contributed by atoms with Gasteiger partial charge in [0.15, 0.2) is 0 Å². The van der Waals surface area contributed by atoms with E-state index in [1.165, 1.54) is 11.1 Å². The van der Waals surface area contributed by atoms with Gasteiger partial charge in [-0.25, -0.2) is 0 Å². The Morgan fingerprint density at radius 1 is 1.44 bits per heavy atom. The van der Waals surface area contributed by atoms with Crippen molar-refractivity contribution in [3.05, 3.63) is 36.0 Å². The minimum absolute atomic E-state index is 0.458. The molecule has 0 bridgehead atoms. The van der Waals surface area contributed by atoms with Gasteiger partial charge in [-0.05, 0) is 43.3 Å². The van der Waals surface area contributed by atoms with E-state index in [-0.39, 0.29) is 0 Å². The summed E-state index contributed by atoms with van der Waals surface area (Å²) >= 11 is 0. The Labute approximate surface area is 110 Å². The van der Waals surface area contributed by atoms with E-state index < -0.39 is 0 Å². The maximum absolute atomic E-state index is 5.29. The number of nitrogens with zero attached hydrogens (tertiary/aromatic N) is 1. The van der Waals surface area contributed by atoms with Gasteiger partial charge in [-0.3, -0.25) is 0 Å². The molecule has 1 rings (SSSR count). The minimum atomic E-state index is 0.458. The lowest BCUT2D eigenvalue weighted by Gasteiger charge is -2.21. The number of hydrogen-bond acceptors (Lipinski definition) is 3. The molecule has 0 saturated heterocycles. The zero-order chi connectivity index (χ0) is 13.5. The fourth-order valence-electron chi connectivity index (χ4n) is 2.11. The SMILES string of the molecule is CN/C=C(\c1cccc(OC)c1)[C@@H](C)CN(C)C. The first-order valence-corrected chi connectivity index (χ1v) is 6.25. The van der Waals surface area contributed by atoms with Gasteiger partial charge in [0.2, 0.25) is 0 Å². The predicted octanol–water partition coefficient (Wildman–Crippen LogP) is 2.45. The van der Waals surface area contributed by atoms with E-state index in [1.807, 2.05) is 19.2 Å². The van der Waals surface area contributed by atoms with Crippen molar-refractivity contribution in [2.75, 3.05) is 34.8 Å². The van der Waals surface area contributed by atoms with Crippen LogP contribution in [0.1, 0.15) is 12.5 Å². The fourth-order valence-corrected chi connectivity index (χ4v) is 2.11. The molecular weight excluding hydrogens is 224 g/mol. The van der Waals surface area contributed by atoms with Gasteiger partial charge in [0, 0.05) is 19.8 Å². The van der Waals surface area contributed by atoms with Gasteiger partial charge in [0.25, 0.3) is 0 Å². The van der Waals surface area contributed by atoms with Gasteiger partial charge in [-0.1, -0.05) is 19.1 Å². The quantitative estimate of drug-likeness (QED) is 0.837. The molecule has 0 heterocycles. The molecule has 0 aromatic heterocycles. The Kier molecular flexibility index (Phi) is 5.72. The Balaban J connectivity index is 3.00. The highest BCUT2D eigenvalue weighted by Crippen LogP contribution is 2.26. The first-order chi connectivity index (χ1) is 8.58. The molecular formula is C15H24N2O. The largest absolute Gasteiger partial charge is 0.497 e. The minimum Gasteiger partial charge on any atom is -0.497 e. The molecule has 0 aliphatic heterocycles. The smallest absolute Gasteiger partial charge is 0.119 e. The van der Waals surface area contributed by atoms with Crippen molar-refractivity contribution in [2.45, 2.75) is 6.92 Å². The number of rotatable bonds is 6. The van der Waals surface area contributed by atoms with Gasteiger partial charge >= 0.3 is 0 Å². The van der Waals surface area contributed by atoms with Gasteiger partial charge in [-0.2, -0.15) is 0 Å². The molecule has 0 saturated carbocycles. The third-order valence-corrected chi connectivity index (χ3v) is 2.87. The van der Waals surface area contributed by atoms with E-state index in [4.69, 9.17) is 4.74 Å². The van der Waals surface area contributed by atoms with Gasteiger partial charge in [-0.15, -0.1) is 0 Å². The highest BCUT2D eigenvalue weighted by atomic mass is 16.5. The average molecular weight is 248 g/mol. The first-order valence-electron chi connectivity index (χ1n) is 6.25. The summed E-state index contributed by atoms with van der Waals surface area (Å²) < 4.78 is 5.29. The summed E-state index contributed by atoms with van der Waals surface area (Å²) in [7, 11) is 7.82.